The largest absolute Gasteiger partial charge is 0.508 e. The maximum absolute atomic E-state index is 11.1. The zero-order chi connectivity index (χ0) is 16.3. The predicted molar refractivity (Wildman–Crippen MR) is 80.5 cm³/mol. The minimum atomic E-state index is -4.58. The van der Waals surface area contributed by atoms with Gasteiger partial charge in [-0.05, 0) is 29.8 Å². The topological polar surface area (TPSA) is 130 Å². The number of anilines is 1. The molecular weight excluding hydrogens is 309 g/mol. The average Bonchev–Trinajstić information content (AvgIpc) is 2.36. The smallest absolute Gasteiger partial charge is 0.427 e. The van der Waals surface area contributed by atoms with E-state index >= 15 is 0 Å². The number of rotatable bonds is 5. The summed E-state index contributed by atoms with van der Waals surface area (Å²) >= 11 is 0. The van der Waals surface area contributed by atoms with Gasteiger partial charge in [-0.25, -0.2) is 4.57 Å². The van der Waals surface area contributed by atoms with Crippen LogP contribution in [0.1, 0.15) is 17.2 Å². The lowest BCUT2D eigenvalue weighted by Crippen LogP contribution is -2.07. The van der Waals surface area contributed by atoms with Crippen LogP contribution in [0.5, 0.6) is 11.5 Å². The number of phenolic OH excluding ortho intramolecular Hbond substituents is 2. The van der Waals surface area contributed by atoms with E-state index in [0.717, 1.165) is 0 Å². The molecule has 0 saturated heterocycles. The van der Waals surface area contributed by atoms with Crippen LogP contribution in [0.4, 0.5) is 5.69 Å². The highest BCUT2D eigenvalue weighted by atomic mass is 31.2. The molecular formula is C14H16NO6P. The van der Waals surface area contributed by atoms with Crippen LogP contribution in [0.15, 0.2) is 42.5 Å². The molecule has 0 aliphatic carbocycles. The summed E-state index contributed by atoms with van der Waals surface area (Å²) in [5.74, 6) is -0.248. The molecule has 0 spiro atoms. The molecule has 1 unspecified atom stereocenters. The van der Waals surface area contributed by atoms with E-state index < -0.39 is 13.9 Å². The molecule has 0 aliphatic heterocycles. The Hall–Kier alpha value is -2.05. The van der Waals surface area contributed by atoms with Crippen molar-refractivity contribution in [1.29, 1.82) is 0 Å². The van der Waals surface area contributed by atoms with Crippen LogP contribution in [-0.2, 0) is 11.0 Å². The molecule has 0 saturated carbocycles. The number of benzene rings is 2. The van der Waals surface area contributed by atoms with Crippen molar-refractivity contribution in [2.75, 3.05) is 5.09 Å². The van der Waals surface area contributed by atoms with Crippen molar-refractivity contribution in [2.24, 2.45) is 0 Å². The van der Waals surface area contributed by atoms with Crippen molar-refractivity contribution in [3.63, 3.8) is 0 Å². The number of aliphatic hydroxyl groups is 1. The lowest BCUT2D eigenvalue weighted by atomic mass is 9.99. The maximum Gasteiger partial charge on any atom is 0.427 e. The first-order chi connectivity index (χ1) is 10.3. The van der Waals surface area contributed by atoms with Crippen LogP contribution in [0, 0.1) is 0 Å². The summed E-state index contributed by atoms with van der Waals surface area (Å²) in [6.07, 6.45) is -1.15. The minimum Gasteiger partial charge on any atom is -0.508 e. The van der Waals surface area contributed by atoms with Gasteiger partial charge in [-0.15, -0.1) is 0 Å². The fourth-order valence-electron chi connectivity index (χ4n) is 2.17. The molecule has 0 aliphatic rings. The van der Waals surface area contributed by atoms with E-state index in [4.69, 9.17) is 9.79 Å². The zero-order valence-electron chi connectivity index (χ0n) is 11.4. The summed E-state index contributed by atoms with van der Waals surface area (Å²) in [7, 11) is -4.58. The molecule has 8 heteroatoms. The molecule has 118 valence electrons. The third kappa shape index (κ3) is 4.22. The summed E-state index contributed by atoms with van der Waals surface area (Å²) in [5.41, 5.74) is 0.535. The minimum absolute atomic E-state index is 0.0193. The Kier molecular flexibility index (Phi) is 4.73. The van der Waals surface area contributed by atoms with Gasteiger partial charge in [-0.3, -0.25) is 5.09 Å². The predicted octanol–water partition coefficient (Wildman–Crippen LogP) is 1.88. The SMILES string of the molecule is O=P(O)(O)Nc1cccc(O)c1C(O)Cc1cccc(O)c1. The number of hydrogen-bond donors (Lipinski definition) is 6. The normalized spacial score (nSPS) is 12.9. The van der Waals surface area contributed by atoms with Gasteiger partial charge in [0, 0.05) is 12.0 Å². The van der Waals surface area contributed by atoms with E-state index in [2.05, 4.69) is 0 Å². The molecule has 0 heterocycles. The van der Waals surface area contributed by atoms with E-state index in [1.165, 1.54) is 30.3 Å². The van der Waals surface area contributed by atoms with Gasteiger partial charge in [0.15, 0.2) is 0 Å². The first-order valence-electron chi connectivity index (χ1n) is 6.38. The average molecular weight is 325 g/mol. The highest BCUT2D eigenvalue weighted by Gasteiger charge is 2.22. The Morgan fingerprint density at radius 1 is 1.09 bits per heavy atom. The molecule has 2 aromatic rings. The second kappa shape index (κ2) is 6.37. The Bertz CT molecular complexity index is 714. The molecule has 0 amide bonds. The Balaban J connectivity index is 2.32. The molecule has 0 fully saturated rings. The van der Waals surface area contributed by atoms with Gasteiger partial charge in [0.1, 0.15) is 11.5 Å². The van der Waals surface area contributed by atoms with Crippen LogP contribution in [0.2, 0.25) is 0 Å². The number of aromatic hydroxyl groups is 2. The van der Waals surface area contributed by atoms with Crippen LogP contribution in [0.25, 0.3) is 0 Å². The standard InChI is InChI=1S/C14H16NO6P/c16-10-4-1-3-9(7-10)8-13(18)14-11(15-22(19,20)21)5-2-6-12(14)17/h1-7,13,16-18H,8H2,(H3,15,19,20,21). The number of hydrogen-bond acceptors (Lipinski definition) is 4. The third-order valence-corrected chi connectivity index (χ3v) is 3.55. The van der Waals surface area contributed by atoms with Gasteiger partial charge in [0.25, 0.3) is 0 Å². The van der Waals surface area contributed by atoms with Crippen LogP contribution < -0.4 is 5.09 Å². The van der Waals surface area contributed by atoms with E-state index in [1.807, 2.05) is 5.09 Å². The van der Waals surface area contributed by atoms with Gasteiger partial charge < -0.3 is 25.1 Å². The van der Waals surface area contributed by atoms with E-state index in [0.29, 0.717) is 5.56 Å². The van der Waals surface area contributed by atoms with Gasteiger partial charge >= 0.3 is 7.75 Å². The van der Waals surface area contributed by atoms with Crippen molar-refractivity contribution in [2.45, 2.75) is 12.5 Å². The monoisotopic (exact) mass is 325 g/mol. The van der Waals surface area contributed by atoms with E-state index in [1.54, 1.807) is 12.1 Å². The van der Waals surface area contributed by atoms with Crippen molar-refractivity contribution >= 4 is 13.4 Å². The molecule has 7 nitrogen and oxygen atoms in total. The number of nitrogens with one attached hydrogen (secondary N) is 1. The van der Waals surface area contributed by atoms with Crippen molar-refractivity contribution < 1.29 is 29.7 Å². The molecule has 0 aromatic heterocycles. The van der Waals surface area contributed by atoms with E-state index in [9.17, 15) is 19.9 Å². The molecule has 6 N–H and O–H groups in total. The number of aliphatic hydroxyl groups excluding tert-OH is 1. The second-order valence-electron chi connectivity index (χ2n) is 4.78. The lowest BCUT2D eigenvalue weighted by molar-refractivity contribution is 0.175. The summed E-state index contributed by atoms with van der Waals surface area (Å²) in [6.45, 7) is 0. The number of phenols is 2. The summed E-state index contributed by atoms with van der Waals surface area (Å²) < 4.78 is 11.1. The molecule has 2 rings (SSSR count). The molecule has 0 bridgehead atoms. The third-order valence-electron chi connectivity index (χ3n) is 3.02. The van der Waals surface area contributed by atoms with Crippen LogP contribution in [-0.4, -0.2) is 25.1 Å². The van der Waals surface area contributed by atoms with Gasteiger partial charge in [0.2, 0.25) is 0 Å². The zero-order valence-corrected chi connectivity index (χ0v) is 12.3. The molecule has 0 radical (unpaired) electrons. The van der Waals surface area contributed by atoms with Crippen molar-refractivity contribution in [3.8, 4) is 11.5 Å². The van der Waals surface area contributed by atoms with Crippen LogP contribution in [0.3, 0.4) is 0 Å². The first-order valence-corrected chi connectivity index (χ1v) is 7.99. The molecule has 22 heavy (non-hydrogen) atoms. The lowest BCUT2D eigenvalue weighted by Gasteiger charge is -2.18. The highest BCUT2D eigenvalue weighted by Crippen LogP contribution is 2.41. The Labute approximate surface area is 126 Å². The fourth-order valence-corrected chi connectivity index (χ4v) is 2.68. The van der Waals surface area contributed by atoms with Gasteiger partial charge in [0.05, 0.1) is 11.8 Å². The first kappa shape index (κ1) is 16.3. The van der Waals surface area contributed by atoms with Gasteiger partial charge in [-0.1, -0.05) is 18.2 Å². The second-order valence-corrected chi connectivity index (χ2v) is 6.10. The van der Waals surface area contributed by atoms with Crippen molar-refractivity contribution in [1.82, 2.24) is 0 Å². The van der Waals surface area contributed by atoms with Crippen LogP contribution >= 0.6 is 7.75 Å². The van der Waals surface area contributed by atoms with E-state index in [-0.39, 0.29) is 29.2 Å². The van der Waals surface area contributed by atoms with Gasteiger partial charge in [-0.2, -0.15) is 0 Å². The Morgan fingerprint density at radius 2 is 1.77 bits per heavy atom. The summed E-state index contributed by atoms with van der Waals surface area (Å²) in [5, 5.41) is 31.6. The molecule has 2 aromatic carbocycles. The summed E-state index contributed by atoms with van der Waals surface area (Å²) in [4.78, 5) is 18.0. The quantitative estimate of drug-likeness (QED) is 0.463. The fraction of sp³-hybridized carbons (Fsp3) is 0.143. The summed E-state index contributed by atoms with van der Waals surface area (Å²) in [6, 6.07) is 10.3. The molecule has 1 atom stereocenters. The maximum atomic E-state index is 11.1. The van der Waals surface area contributed by atoms with Crippen molar-refractivity contribution in [3.05, 3.63) is 53.6 Å². The Morgan fingerprint density at radius 3 is 2.41 bits per heavy atom. The highest BCUT2D eigenvalue weighted by molar-refractivity contribution is 7.53.